The van der Waals surface area contributed by atoms with E-state index in [-0.39, 0.29) is 11.6 Å². The average molecular weight is 538 g/mol. The third-order valence-electron chi connectivity index (χ3n) is 9.88. The van der Waals surface area contributed by atoms with E-state index in [0.29, 0.717) is 45.0 Å². The maximum absolute atomic E-state index is 14.4. The van der Waals surface area contributed by atoms with Gasteiger partial charge in [0, 0.05) is 43.7 Å². The molecule has 0 radical (unpaired) electrons. The van der Waals surface area contributed by atoms with Gasteiger partial charge in [-0.25, -0.2) is 4.39 Å². The molecule has 1 spiro atoms. The van der Waals surface area contributed by atoms with Crippen molar-refractivity contribution in [2.45, 2.75) is 94.2 Å². The number of aliphatic hydroxyl groups is 1. The Balaban J connectivity index is 1.24. The molecule has 5 aliphatic rings. The Kier molecular flexibility index (Phi) is 6.44. The molecule has 2 aromatic rings. The zero-order chi connectivity index (χ0) is 26.6. The minimum Gasteiger partial charge on any atom is -0.461 e. The van der Waals surface area contributed by atoms with Gasteiger partial charge in [0.15, 0.2) is 0 Å². The molecule has 1 aromatic heterocycles. The molecule has 0 saturated carbocycles. The molecular formula is C30H40FN5O3. The highest BCUT2D eigenvalue weighted by Gasteiger charge is 2.49. The van der Waals surface area contributed by atoms with Crippen LogP contribution in [0, 0.1) is 0 Å². The highest BCUT2D eigenvalue weighted by molar-refractivity contribution is 5.54. The van der Waals surface area contributed by atoms with Crippen molar-refractivity contribution in [3.05, 3.63) is 40.6 Å². The molecule has 1 aromatic carbocycles. The number of ether oxygens (including phenoxy) is 2. The third-order valence-corrected chi connectivity index (χ3v) is 9.88. The van der Waals surface area contributed by atoms with E-state index in [1.165, 1.54) is 11.1 Å². The van der Waals surface area contributed by atoms with E-state index in [1.54, 1.807) is 0 Å². The van der Waals surface area contributed by atoms with Crippen molar-refractivity contribution in [2.75, 3.05) is 43.4 Å². The zero-order valence-corrected chi connectivity index (χ0v) is 22.7. The van der Waals surface area contributed by atoms with Crippen LogP contribution in [-0.4, -0.2) is 70.6 Å². The Morgan fingerprint density at radius 3 is 2.97 bits per heavy atom. The number of nitrogen functional groups attached to an aromatic ring is 1. The van der Waals surface area contributed by atoms with Crippen molar-refractivity contribution in [2.24, 2.45) is 0 Å². The van der Waals surface area contributed by atoms with E-state index < -0.39 is 11.8 Å². The normalized spacial score (nSPS) is 32.5. The lowest BCUT2D eigenvalue weighted by atomic mass is 9.74. The Labute approximate surface area is 229 Å². The number of rotatable bonds is 4. The fourth-order valence-corrected chi connectivity index (χ4v) is 7.85. The third kappa shape index (κ3) is 4.56. The van der Waals surface area contributed by atoms with Crippen LogP contribution in [0.2, 0.25) is 0 Å². The standard InChI is InChI=1S/C30H40FN5O3/c31-21-15-29(9-3-12-36(29)17-21)19-38-28-33-26-16-30(10-1-4-20-6-7-22(32)14-25(20)30)39-18-24(26)27(34-28)35-11-2-5-23(37)8-13-35/h6-7,14,21,23,37H,1-5,8-13,15-19,32H2/t21?,23?,29-,30?/m0/s1. The van der Waals surface area contributed by atoms with Crippen molar-refractivity contribution in [1.29, 1.82) is 0 Å². The van der Waals surface area contributed by atoms with Crippen LogP contribution in [0.3, 0.4) is 0 Å². The van der Waals surface area contributed by atoms with E-state index in [9.17, 15) is 9.50 Å². The summed E-state index contributed by atoms with van der Waals surface area (Å²) in [5, 5.41) is 10.3. The zero-order valence-electron chi connectivity index (χ0n) is 22.7. The Morgan fingerprint density at radius 1 is 1.13 bits per heavy atom. The number of halogens is 1. The number of nitrogens with two attached hydrogens (primary N) is 1. The van der Waals surface area contributed by atoms with E-state index in [1.807, 2.05) is 6.07 Å². The van der Waals surface area contributed by atoms with Crippen LogP contribution in [0.4, 0.5) is 15.9 Å². The van der Waals surface area contributed by atoms with Gasteiger partial charge in [0.2, 0.25) is 0 Å². The second kappa shape index (κ2) is 9.85. The molecule has 4 aliphatic heterocycles. The molecule has 1 aliphatic carbocycles. The number of benzene rings is 1. The molecule has 3 fully saturated rings. The number of fused-ring (bicyclic) bond motifs is 4. The van der Waals surface area contributed by atoms with Gasteiger partial charge in [0.05, 0.1) is 29.5 Å². The van der Waals surface area contributed by atoms with Gasteiger partial charge in [0.1, 0.15) is 18.6 Å². The molecule has 8 nitrogen and oxygen atoms in total. The first kappa shape index (κ1) is 25.5. The number of aliphatic hydroxyl groups excluding tert-OH is 1. The minimum absolute atomic E-state index is 0.254. The molecule has 5 heterocycles. The fourth-order valence-electron chi connectivity index (χ4n) is 7.85. The quantitative estimate of drug-likeness (QED) is 0.571. The van der Waals surface area contributed by atoms with E-state index in [2.05, 4.69) is 21.9 Å². The highest BCUT2D eigenvalue weighted by Crippen LogP contribution is 2.47. The van der Waals surface area contributed by atoms with Crippen molar-refractivity contribution >= 4 is 11.5 Å². The molecule has 39 heavy (non-hydrogen) atoms. The van der Waals surface area contributed by atoms with Crippen LogP contribution in [-0.2, 0) is 29.8 Å². The molecule has 210 valence electrons. The lowest BCUT2D eigenvalue weighted by molar-refractivity contribution is -0.0855. The molecule has 7 rings (SSSR count). The monoisotopic (exact) mass is 537 g/mol. The first-order chi connectivity index (χ1) is 18.9. The van der Waals surface area contributed by atoms with Crippen LogP contribution in [0.1, 0.15) is 73.8 Å². The second-order valence-corrected chi connectivity index (χ2v) is 12.4. The topological polar surface area (TPSA) is 97.0 Å². The van der Waals surface area contributed by atoms with Gasteiger partial charge in [-0.15, -0.1) is 0 Å². The van der Waals surface area contributed by atoms with Crippen LogP contribution in [0.5, 0.6) is 6.01 Å². The number of hydrogen-bond acceptors (Lipinski definition) is 8. The van der Waals surface area contributed by atoms with Crippen LogP contribution in [0.15, 0.2) is 18.2 Å². The smallest absolute Gasteiger partial charge is 0.318 e. The molecule has 0 amide bonds. The number of hydrogen-bond donors (Lipinski definition) is 2. The molecule has 4 atom stereocenters. The summed E-state index contributed by atoms with van der Waals surface area (Å²) in [6, 6.07) is 6.57. The van der Waals surface area contributed by atoms with E-state index in [4.69, 9.17) is 25.2 Å². The summed E-state index contributed by atoms with van der Waals surface area (Å²) in [5.41, 5.74) is 10.7. The van der Waals surface area contributed by atoms with Crippen molar-refractivity contribution in [3.63, 3.8) is 0 Å². The van der Waals surface area contributed by atoms with Crippen molar-refractivity contribution in [3.8, 4) is 6.01 Å². The fraction of sp³-hybridized carbons (Fsp3) is 0.667. The summed E-state index contributed by atoms with van der Waals surface area (Å²) in [6.07, 6.45) is 7.53. The molecule has 3 unspecified atom stereocenters. The number of aryl methyl sites for hydroxylation is 1. The lowest BCUT2D eigenvalue weighted by Crippen LogP contribution is -2.44. The summed E-state index contributed by atoms with van der Waals surface area (Å²) >= 11 is 0. The first-order valence-corrected chi connectivity index (χ1v) is 14.8. The Hall–Kier alpha value is -2.49. The Morgan fingerprint density at radius 2 is 2.05 bits per heavy atom. The van der Waals surface area contributed by atoms with Gasteiger partial charge in [-0.05, 0) is 81.2 Å². The van der Waals surface area contributed by atoms with Crippen LogP contribution < -0.4 is 15.4 Å². The maximum Gasteiger partial charge on any atom is 0.318 e. The molecule has 0 bridgehead atoms. The largest absolute Gasteiger partial charge is 0.461 e. The molecule has 3 N–H and O–H groups in total. The van der Waals surface area contributed by atoms with Crippen molar-refractivity contribution < 1.29 is 19.0 Å². The number of aromatic nitrogens is 2. The predicted octanol–water partition coefficient (Wildman–Crippen LogP) is 3.67. The van der Waals surface area contributed by atoms with Crippen molar-refractivity contribution in [1.82, 2.24) is 14.9 Å². The van der Waals surface area contributed by atoms with Gasteiger partial charge >= 0.3 is 6.01 Å². The summed E-state index contributed by atoms with van der Waals surface area (Å²) in [4.78, 5) is 14.5. The summed E-state index contributed by atoms with van der Waals surface area (Å²) in [7, 11) is 0. The van der Waals surface area contributed by atoms with Gasteiger partial charge in [0.25, 0.3) is 0 Å². The Bertz CT molecular complexity index is 1250. The summed E-state index contributed by atoms with van der Waals surface area (Å²) in [6.45, 7) is 3.82. The second-order valence-electron chi connectivity index (χ2n) is 12.4. The van der Waals surface area contributed by atoms with Gasteiger partial charge < -0.3 is 25.2 Å². The molecule has 9 heteroatoms. The predicted molar refractivity (Wildman–Crippen MR) is 147 cm³/mol. The SMILES string of the molecule is Nc1ccc2c(c1)C1(CCC2)Cc2nc(OC[C@@]34CCCN3CC(F)C4)nc(N3CCCC(O)CC3)c2CO1. The van der Waals surface area contributed by atoms with Crippen LogP contribution in [0.25, 0.3) is 0 Å². The van der Waals surface area contributed by atoms with E-state index in [0.717, 1.165) is 87.3 Å². The van der Waals surface area contributed by atoms with E-state index >= 15 is 0 Å². The van der Waals surface area contributed by atoms with Crippen LogP contribution >= 0.6 is 0 Å². The molecule has 3 saturated heterocycles. The summed E-state index contributed by atoms with van der Waals surface area (Å²) in [5.74, 6) is 0.859. The number of alkyl halides is 1. The van der Waals surface area contributed by atoms with Gasteiger partial charge in [-0.3, -0.25) is 4.90 Å². The highest BCUT2D eigenvalue weighted by atomic mass is 19.1. The average Bonchev–Trinajstić information content (AvgIpc) is 3.35. The lowest BCUT2D eigenvalue weighted by Gasteiger charge is -2.43. The molecular weight excluding hydrogens is 497 g/mol. The summed E-state index contributed by atoms with van der Waals surface area (Å²) < 4.78 is 27.5. The number of anilines is 2. The first-order valence-electron chi connectivity index (χ1n) is 14.8. The number of nitrogens with zero attached hydrogens (tertiary/aromatic N) is 4. The van der Waals surface area contributed by atoms with Gasteiger partial charge in [-0.2, -0.15) is 9.97 Å². The maximum atomic E-state index is 14.4. The minimum atomic E-state index is -0.798. The van der Waals surface area contributed by atoms with Gasteiger partial charge in [-0.1, -0.05) is 6.07 Å².